The number of likely N-dealkylation sites (N-methyl/N-ethyl adjacent to an activating group) is 1. The number of carbonyl (C=O) groups excluding carboxylic acids is 2. The van der Waals surface area contributed by atoms with Crippen LogP contribution in [0.4, 0.5) is 0 Å². The Labute approximate surface area is 185 Å². The molecule has 0 spiro atoms. The number of hydrogen-bond donors (Lipinski definition) is 0. The first-order valence-electron chi connectivity index (χ1n) is 12.1. The van der Waals surface area contributed by atoms with Crippen LogP contribution in [0.25, 0.3) is 0 Å². The van der Waals surface area contributed by atoms with Crippen molar-refractivity contribution in [1.29, 1.82) is 0 Å². The molecule has 0 saturated heterocycles. The standard InChI is InChI=1S/C25H47NO4/c1-5-6-7-8-9-10-11-12-13-14-15-16-17-18-19-20-25(29)30-23(21-24(27)28)22-26(2,3)4/h12-13,23H,5-11,14-22H2,1-4H3/b13-12-/t23-/m1/s1/i2+1,3+1,4+1. The highest BCUT2D eigenvalue weighted by Gasteiger charge is 2.22. The van der Waals surface area contributed by atoms with Crippen LogP contribution in [0, 0.1) is 0 Å². The molecule has 0 amide bonds. The Morgan fingerprint density at radius 3 is 1.83 bits per heavy atom. The van der Waals surface area contributed by atoms with E-state index in [4.69, 9.17) is 4.74 Å². The Morgan fingerprint density at radius 1 is 0.833 bits per heavy atom. The molecule has 0 saturated carbocycles. The van der Waals surface area contributed by atoms with E-state index in [-0.39, 0.29) is 12.4 Å². The first-order valence-corrected chi connectivity index (χ1v) is 12.1. The van der Waals surface area contributed by atoms with E-state index in [1.165, 1.54) is 57.8 Å². The quantitative estimate of drug-likeness (QED) is 0.0920. The summed E-state index contributed by atoms with van der Waals surface area (Å²) in [5, 5.41) is 10.9. The molecule has 1 atom stereocenters. The second-order valence-corrected chi connectivity index (χ2v) is 9.50. The van der Waals surface area contributed by atoms with E-state index < -0.39 is 12.1 Å². The highest BCUT2D eigenvalue weighted by molar-refractivity contribution is 5.70. The van der Waals surface area contributed by atoms with E-state index in [0.717, 1.165) is 25.7 Å². The molecule has 5 nitrogen and oxygen atoms in total. The lowest BCUT2D eigenvalue weighted by Gasteiger charge is -2.29. The number of carbonyl (C=O) groups is 2. The number of allylic oxidation sites excluding steroid dienone is 2. The fourth-order valence-corrected chi connectivity index (χ4v) is 3.53. The fourth-order valence-electron chi connectivity index (χ4n) is 3.53. The van der Waals surface area contributed by atoms with E-state index in [0.29, 0.717) is 17.4 Å². The number of hydrogen-bond acceptors (Lipinski definition) is 4. The number of carboxylic acids is 1. The van der Waals surface area contributed by atoms with Gasteiger partial charge in [-0.15, -0.1) is 0 Å². The van der Waals surface area contributed by atoms with Crippen molar-refractivity contribution in [3.05, 3.63) is 12.2 Å². The zero-order chi connectivity index (χ0) is 22.7. The number of carboxylic acid groups (broad SMARTS) is 1. The van der Waals surface area contributed by atoms with E-state index in [1.54, 1.807) is 0 Å². The first-order chi connectivity index (χ1) is 14.2. The van der Waals surface area contributed by atoms with E-state index in [1.807, 2.05) is 21.1 Å². The summed E-state index contributed by atoms with van der Waals surface area (Å²) in [6.07, 6.45) is 19.9. The molecule has 0 rings (SSSR count). The van der Waals surface area contributed by atoms with Gasteiger partial charge in [0.15, 0.2) is 6.10 Å². The highest BCUT2D eigenvalue weighted by Crippen LogP contribution is 2.12. The number of quaternary nitrogens is 1. The summed E-state index contributed by atoms with van der Waals surface area (Å²) in [6.45, 7) is 2.72. The Hall–Kier alpha value is -1.36. The van der Waals surface area contributed by atoms with Crippen molar-refractivity contribution in [2.45, 2.75) is 109 Å². The van der Waals surface area contributed by atoms with Crippen molar-refractivity contribution in [2.75, 3.05) is 27.7 Å². The van der Waals surface area contributed by atoms with Gasteiger partial charge in [0.25, 0.3) is 0 Å². The highest BCUT2D eigenvalue weighted by atomic mass is 16.5. The van der Waals surface area contributed by atoms with Gasteiger partial charge >= 0.3 is 5.97 Å². The molecule has 5 heteroatoms. The molecule has 0 N–H and O–H groups in total. The molecule has 0 aromatic carbocycles. The van der Waals surface area contributed by atoms with Gasteiger partial charge in [-0.1, -0.05) is 70.4 Å². The van der Waals surface area contributed by atoms with E-state index in [9.17, 15) is 14.7 Å². The fraction of sp³-hybridized carbons (Fsp3) is 0.840. The summed E-state index contributed by atoms with van der Waals surface area (Å²) in [5.41, 5.74) is 0. The maximum atomic E-state index is 12.0. The van der Waals surface area contributed by atoms with Crippen LogP contribution in [-0.2, 0) is 14.3 Å². The molecule has 30 heavy (non-hydrogen) atoms. The van der Waals surface area contributed by atoms with Gasteiger partial charge in [0.05, 0.1) is 21.1 Å². The molecule has 0 aliphatic rings. The van der Waals surface area contributed by atoms with Crippen LogP contribution in [0.1, 0.15) is 103 Å². The van der Waals surface area contributed by atoms with Gasteiger partial charge in [-0.2, -0.15) is 0 Å². The summed E-state index contributed by atoms with van der Waals surface area (Å²) >= 11 is 0. The average molecular weight is 429 g/mol. The minimum Gasteiger partial charge on any atom is -0.550 e. The number of esters is 1. The van der Waals surface area contributed by atoms with Crippen LogP contribution >= 0.6 is 0 Å². The van der Waals surface area contributed by atoms with Crippen molar-refractivity contribution in [3.63, 3.8) is 0 Å². The Morgan fingerprint density at radius 2 is 1.33 bits per heavy atom. The monoisotopic (exact) mass is 428 g/mol. The van der Waals surface area contributed by atoms with Crippen LogP contribution < -0.4 is 5.11 Å². The second-order valence-electron chi connectivity index (χ2n) is 9.50. The maximum absolute atomic E-state index is 12.0. The molecule has 0 aliphatic carbocycles. The molecule has 0 unspecified atom stereocenters. The van der Waals surface area contributed by atoms with Crippen LogP contribution in [0.3, 0.4) is 0 Å². The van der Waals surface area contributed by atoms with E-state index >= 15 is 0 Å². The number of unbranched alkanes of at least 4 members (excludes halogenated alkanes) is 11. The summed E-state index contributed by atoms with van der Waals surface area (Å²) in [4.78, 5) is 22.9. The van der Waals surface area contributed by atoms with Gasteiger partial charge < -0.3 is 19.1 Å². The lowest BCUT2D eigenvalue weighted by atomic mass is 10.1. The maximum Gasteiger partial charge on any atom is 0.306 e. The molecule has 0 fully saturated rings. The summed E-state index contributed by atoms with van der Waals surface area (Å²) in [7, 11) is 5.83. The third-order valence-corrected chi connectivity index (χ3v) is 5.09. The molecule has 176 valence electrons. The van der Waals surface area contributed by atoms with Crippen LogP contribution in [0.2, 0.25) is 0 Å². The van der Waals surface area contributed by atoms with Crippen molar-refractivity contribution < 1.29 is 23.9 Å². The molecule has 0 radical (unpaired) electrons. The lowest BCUT2D eigenvalue weighted by Crippen LogP contribution is -2.45. The topological polar surface area (TPSA) is 66.4 Å². The predicted octanol–water partition coefficient (Wildman–Crippen LogP) is 4.78. The first kappa shape index (κ1) is 28.6. The van der Waals surface area contributed by atoms with Crippen LogP contribution in [0.5, 0.6) is 0 Å². The number of nitrogens with zero attached hydrogens (tertiary/aromatic N) is 1. The number of ether oxygens (including phenoxy) is 1. The minimum atomic E-state index is -1.18. The molecule has 0 aliphatic heterocycles. The Bertz CT molecular complexity index is 468. The Kier molecular flexibility index (Phi) is 17.6. The van der Waals surface area contributed by atoms with Gasteiger partial charge in [-0.3, -0.25) is 4.79 Å². The third-order valence-electron chi connectivity index (χ3n) is 5.09. The summed E-state index contributed by atoms with van der Waals surface area (Å²) in [5.74, 6) is -1.48. The van der Waals surface area contributed by atoms with Crippen LogP contribution in [-0.4, -0.2) is 50.2 Å². The van der Waals surface area contributed by atoms with Gasteiger partial charge in [0.2, 0.25) is 0 Å². The lowest BCUT2D eigenvalue weighted by molar-refractivity contribution is -0.873. The van der Waals surface area contributed by atoms with E-state index in [2.05, 4.69) is 19.1 Å². The zero-order valence-corrected chi connectivity index (χ0v) is 20.1. The largest absolute Gasteiger partial charge is 0.550 e. The Balaban J connectivity index is 3.65. The average Bonchev–Trinajstić information content (AvgIpc) is 2.63. The summed E-state index contributed by atoms with van der Waals surface area (Å²) < 4.78 is 5.91. The van der Waals surface area contributed by atoms with Gasteiger partial charge in [-0.05, 0) is 32.1 Å². The van der Waals surface area contributed by atoms with Gasteiger partial charge in [-0.25, -0.2) is 0 Å². The zero-order valence-electron chi connectivity index (χ0n) is 20.1. The number of aliphatic carboxylic acids is 1. The third kappa shape index (κ3) is 21.4. The van der Waals surface area contributed by atoms with Crippen molar-refractivity contribution in [2.24, 2.45) is 0 Å². The van der Waals surface area contributed by atoms with Crippen LogP contribution in [0.15, 0.2) is 12.2 Å². The van der Waals surface area contributed by atoms with Crippen molar-refractivity contribution >= 4 is 11.9 Å². The predicted molar refractivity (Wildman–Crippen MR) is 122 cm³/mol. The normalized spacial score (nSPS) is 12.9. The molecule has 0 heterocycles. The second kappa shape index (κ2) is 18.4. The molecular formula is C25H47NO4. The molecule has 0 aromatic heterocycles. The van der Waals surface area contributed by atoms with Crippen molar-refractivity contribution in [3.8, 4) is 0 Å². The molecule has 0 bridgehead atoms. The molecular weight excluding hydrogens is 381 g/mol. The van der Waals surface area contributed by atoms with Gasteiger partial charge in [0, 0.05) is 18.8 Å². The smallest absolute Gasteiger partial charge is 0.306 e. The minimum absolute atomic E-state index is 0.242. The van der Waals surface area contributed by atoms with Crippen molar-refractivity contribution in [1.82, 2.24) is 0 Å². The summed E-state index contributed by atoms with van der Waals surface area (Å²) in [6, 6.07) is 0. The van der Waals surface area contributed by atoms with Gasteiger partial charge in [0.1, 0.15) is 6.54 Å². The SMILES string of the molecule is CCCCCCCC/C=C\CCCCCCCC(=O)O[C@H](CC(=O)[O-])C[N+]([13CH3])([13CH3])[13CH3]. The number of rotatable bonds is 20. The molecule has 0 aromatic rings.